The Bertz CT molecular complexity index is 745. The van der Waals surface area contributed by atoms with Gasteiger partial charge in [0.05, 0.1) is 16.5 Å². The van der Waals surface area contributed by atoms with E-state index in [9.17, 15) is 9.59 Å². The molecule has 2 rings (SSSR count). The van der Waals surface area contributed by atoms with Gasteiger partial charge in [0, 0.05) is 16.1 Å². The number of amides is 2. The van der Waals surface area contributed by atoms with E-state index in [1.54, 1.807) is 30.7 Å². The number of hydrogen-bond donors (Lipinski definition) is 2. The van der Waals surface area contributed by atoms with E-state index >= 15 is 0 Å². The van der Waals surface area contributed by atoms with Gasteiger partial charge in [0.1, 0.15) is 5.75 Å². The molecular formula is C15H12Br2N2O3S. The highest BCUT2D eigenvalue weighted by Gasteiger charge is 2.08. The lowest BCUT2D eigenvalue weighted by molar-refractivity contribution is -0.117. The molecule has 120 valence electrons. The number of benzene rings is 1. The molecule has 2 amide bonds. The average Bonchev–Trinajstić information content (AvgIpc) is 3.04. The highest BCUT2D eigenvalue weighted by atomic mass is 79.9. The van der Waals surface area contributed by atoms with Gasteiger partial charge in [-0.1, -0.05) is 22.0 Å². The van der Waals surface area contributed by atoms with Crippen LogP contribution < -0.4 is 15.6 Å². The Labute approximate surface area is 154 Å². The molecule has 0 atom stereocenters. The van der Waals surface area contributed by atoms with Crippen molar-refractivity contribution in [3.8, 4) is 5.75 Å². The summed E-state index contributed by atoms with van der Waals surface area (Å²) in [6, 6.07) is 7.10. The summed E-state index contributed by atoms with van der Waals surface area (Å²) in [5.41, 5.74) is 5.38. The van der Waals surface area contributed by atoms with Crippen LogP contribution in [0.3, 0.4) is 0 Å². The Hall–Kier alpha value is -1.64. The number of hydrogen-bond acceptors (Lipinski definition) is 4. The minimum Gasteiger partial charge on any atom is -0.495 e. The third-order valence-corrected chi connectivity index (χ3v) is 4.62. The minimum atomic E-state index is -0.451. The fraction of sp³-hybridized carbons (Fsp3) is 0.0667. The Balaban J connectivity index is 2.00. The standard InChI is InChI=1S/C15H12Br2N2O3S/c1-22-14-9(7-10(16)8-11(14)17)4-5-13(20)18-19-15(21)12-3-2-6-23-12/h2-8H,1H3,(H,18,20)(H,19,21). The molecule has 1 aromatic heterocycles. The molecule has 0 saturated carbocycles. The number of hydrazine groups is 1. The molecule has 0 unspecified atom stereocenters. The van der Waals surface area contributed by atoms with Crippen LogP contribution in [-0.2, 0) is 4.79 Å². The zero-order chi connectivity index (χ0) is 16.8. The van der Waals surface area contributed by atoms with Crippen molar-refractivity contribution in [2.75, 3.05) is 7.11 Å². The maximum Gasteiger partial charge on any atom is 0.279 e. The molecule has 0 saturated heterocycles. The molecule has 0 bridgehead atoms. The Morgan fingerprint density at radius 1 is 1.26 bits per heavy atom. The predicted octanol–water partition coefficient (Wildman–Crippen LogP) is 3.76. The molecule has 0 fully saturated rings. The van der Waals surface area contributed by atoms with Gasteiger partial charge in [-0.15, -0.1) is 11.3 Å². The zero-order valence-electron chi connectivity index (χ0n) is 11.9. The molecule has 0 aliphatic carbocycles. The van der Waals surface area contributed by atoms with Crippen molar-refractivity contribution >= 4 is 61.1 Å². The molecule has 8 heteroatoms. The summed E-state index contributed by atoms with van der Waals surface area (Å²) in [4.78, 5) is 24.0. The van der Waals surface area contributed by atoms with Crippen molar-refractivity contribution < 1.29 is 14.3 Å². The molecule has 0 spiro atoms. The molecule has 2 aromatic rings. The smallest absolute Gasteiger partial charge is 0.279 e. The first kappa shape index (κ1) is 17.7. The van der Waals surface area contributed by atoms with Crippen LogP contribution in [0.5, 0.6) is 5.75 Å². The van der Waals surface area contributed by atoms with Gasteiger partial charge in [-0.25, -0.2) is 0 Å². The van der Waals surface area contributed by atoms with Gasteiger partial charge < -0.3 is 4.74 Å². The number of methoxy groups -OCH3 is 1. The first-order chi connectivity index (χ1) is 11.0. The lowest BCUT2D eigenvalue weighted by Gasteiger charge is -2.08. The van der Waals surface area contributed by atoms with Crippen LogP contribution in [-0.4, -0.2) is 18.9 Å². The summed E-state index contributed by atoms with van der Waals surface area (Å²) in [6.07, 6.45) is 2.91. The number of halogens is 2. The summed E-state index contributed by atoms with van der Waals surface area (Å²) in [7, 11) is 1.55. The van der Waals surface area contributed by atoms with Crippen molar-refractivity contribution in [3.05, 3.63) is 55.1 Å². The van der Waals surface area contributed by atoms with Crippen LogP contribution in [0.2, 0.25) is 0 Å². The van der Waals surface area contributed by atoms with Gasteiger partial charge in [-0.05, 0) is 45.6 Å². The van der Waals surface area contributed by atoms with Crippen molar-refractivity contribution in [2.24, 2.45) is 0 Å². The van der Waals surface area contributed by atoms with E-state index in [0.29, 0.717) is 16.2 Å². The van der Waals surface area contributed by atoms with Crippen molar-refractivity contribution in [2.45, 2.75) is 0 Å². The van der Waals surface area contributed by atoms with E-state index in [0.717, 1.165) is 8.95 Å². The second-order valence-electron chi connectivity index (χ2n) is 4.26. The molecule has 0 aliphatic heterocycles. The molecule has 0 radical (unpaired) electrons. The SMILES string of the molecule is COc1c(Br)cc(Br)cc1C=CC(=O)NNC(=O)c1cccs1. The number of carbonyl (C=O) groups is 2. The highest BCUT2D eigenvalue weighted by molar-refractivity contribution is 9.11. The van der Waals surface area contributed by atoms with E-state index in [2.05, 4.69) is 42.7 Å². The van der Waals surface area contributed by atoms with Crippen LogP contribution >= 0.6 is 43.2 Å². The van der Waals surface area contributed by atoms with Gasteiger partial charge in [-0.2, -0.15) is 0 Å². The Morgan fingerprint density at radius 3 is 2.70 bits per heavy atom. The minimum absolute atomic E-state index is 0.357. The summed E-state index contributed by atoms with van der Waals surface area (Å²) >= 11 is 8.06. The summed E-state index contributed by atoms with van der Waals surface area (Å²) in [6.45, 7) is 0. The van der Waals surface area contributed by atoms with Crippen molar-refractivity contribution in [1.82, 2.24) is 10.9 Å². The lowest BCUT2D eigenvalue weighted by atomic mass is 10.2. The monoisotopic (exact) mass is 458 g/mol. The van der Waals surface area contributed by atoms with Crippen molar-refractivity contribution in [1.29, 1.82) is 0 Å². The molecule has 5 nitrogen and oxygen atoms in total. The van der Waals surface area contributed by atoms with Crippen LogP contribution in [0.15, 0.2) is 44.7 Å². The zero-order valence-corrected chi connectivity index (χ0v) is 15.9. The fourth-order valence-electron chi connectivity index (χ4n) is 1.71. The number of thiophene rings is 1. The van der Waals surface area contributed by atoms with Gasteiger partial charge in [0.15, 0.2) is 0 Å². The van der Waals surface area contributed by atoms with Gasteiger partial charge >= 0.3 is 0 Å². The maximum atomic E-state index is 11.8. The second-order valence-corrected chi connectivity index (χ2v) is 6.98. The van der Waals surface area contributed by atoms with Gasteiger partial charge in [0.25, 0.3) is 11.8 Å². The lowest BCUT2D eigenvalue weighted by Crippen LogP contribution is -2.40. The number of ether oxygens (including phenoxy) is 1. The number of rotatable bonds is 4. The average molecular weight is 460 g/mol. The normalized spacial score (nSPS) is 10.6. The summed E-state index contributed by atoms with van der Waals surface area (Å²) < 4.78 is 6.90. The quantitative estimate of drug-likeness (QED) is 0.540. The number of nitrogens with one attached hydrogen (secondary N) is 2. The summed E-state index contributed by atoms with van der Waals surface area (Å²) in [5.74, 6) is -0.197. The number of carbonyl (C=O) groups excluding carboxylic acids is 2. The van der Waals surface area contributed by atoms with Crippen LogP contribution in [0.1, 0.15) is 15.2 Å². The van der Waals surface area contributed by atoms with Crippen molar-refractivity contribution in [3.63, 3.8) is 0 Å². The molecule has 23 heavy (non-hydrogen) atoms. The molecular weight excluding hydrogens is 448 g/mol. The molecule has 1 aromatic carbocycles. The molecule has 1 heterocycles. The third-order valence-electron chi connectivity index (χ3n) is 2.70. The maximum absolute atomic E-state index is 11.8. The first-order valence-corrected chi connectivity index (χ1v) is 8.82. The van der Waals surface area contributed by atoms with E-state index in [1.165, 1.54) is 17.4 Å². The molecule has 2 N–H and O–H groups in total. The van der Waals surface area contributed by atoms with E-state index in [1.807, 2.05) is 12.1 Å². The highest BCUT2D eigenvalue weighted by Crippen LogP contribution is 2.33. The largest absolute Gasteiger partial charge is 0.495 e. The fourth-order valence-corrected chi connectivity index (χ4v) is 3.75. The van der Waals surface area contributed by atoms with E-state index in [-0.39, 0.29) is 5.91 Å². The topological polar surface area (TPSA) is 67.4 Å². The molecule has 0 aliphatic rings. The summed E-state index contributed by atoms with van der Waals surface area (Å²) in [5, 5.41) is 1.79. The van der Waals surface area contributed by atoms with Crippen LogP contribution in [0, 0.1) is 0 Å². The van der Waals surface area contributed by atoms with Crippen LogP contribution in [0.25, 0.3) is 6.08 Å². The Morgan fingerprint density at radius 2 is 2.04 bits per heavy atom. The second kappa shape index (κ2) is 8.28. The van der Waals surface area contributed by atoms with Gasteiger partial charge in [0.2, 0.25) is 0 Å². The first-order valence-electron chi connectivity index (χ1n) is 6.36. The predicted molar refractivity (Wildman–Crippen MR) is 97.4 cm³/mol. The van der Waals surface area contributed by atoms with Crippen LogP contribution in [0.4, 0.5) is 0 Å². The van der Waals surface area contributed by atoms with Gasteiger partial charge in [-0.3, -0.25) is 20.4 Å². The van der Waals surface area contributed by atoms with E-state index in [4.69, 9.17) is 4.74 Å². The van der Waals surface area contributed by atoms with E-state index < -0.39 is 5.91 Å². The third kappa shape index (κ3) is 4.92. The Kier molecular flexibility index (Phi) is 6.37.